The molecule has 1 atom stereocenters. The summed E-state index contributed by atoms with van der Waals surface area (Å²) in [5.41, 5.74) is 8.55. The van der Waals surface area contributed by atoms with Gasteiger partial charge in [-0.2, -0.15) is 0 Å². The summed E-state index contributed by atoms with van der Waals surface area (Å²) >= 11 is 0. The van der Waals surface area contributed by atoms with Gasteiger partial charge in [0.2, 0.25) is 0 Å². The van der Waals surface area contributed by atoms with E-state index in [1.807, 2.05) is 25.3 Å². The average molecular weight is 256 g/mol. The molecule has 0 saturated heterocycles. The molecule has 1 unspecified atom stereocenters. The molecule has 1 aromatic carbocycles. The van der Waals surface area contributed by atoms with Crippen molar-refractivity contribution in [1.82, 2.24) is 4.98 Å². The fraction of sp³-hybridized carbons (Fsp3) is 0.312. The summed E-state index contributed by atoms with van der Waals surface area (Å²) in [7, 11) is 0. The Hall–Kier alpha value is -1.87. The number of aromatic nitrogens is 1. The van der Waals surface area contributed by atoms with Crippen molar-refractivity contribution < 1.29 is 4.74 Å². The zero-order valence-electron chi connectivity index (χ0n) is 11.3. The smallest absolute Gasteiger partial charge is 0.137 e. The molecule has 0 amide bonds. The minimum Gasteiger partial charge on any atom is -0.492 e. The second-order valence-electron chi connectivity index (χ2n) is 4.52. The molecular weight excluding hydrogens is 236 g/mol. The molecule has 0 aliphatic carbocycles. The molecule has 3 heteroatoms. The van der Waals surface area contributed by atoms with Gasteiger partial charge in [0, 0.05) is 12.2 Å². The first-order chi connectivity index (χ1) is 9.29. The summed E-state index contributed by atoms with van der Waals surface area (Å²) in [6.07, 6.45) is 5.41. The maximum atomic E-state index is 6.21. The molecule has 2 aromatic rings. The zero-order chi connectivity index (χ0) is 13.5. The summed E-state index contributed by atoms with van der Waals surface area (Å²) in [5.74, 6) is 0.787. The monoisotopic (exact) mass is 256 g/mol. The van der Waals surface area contributed by atoms with E-state index in [1.165, 1.54) is 5.56 Å². The van der Waals surface area contributed by atoms with E-state index in [-0.39, 0.29) is 6.04 Å². The second kappa shape index (κ2) is 6.90. The molecular formula is C16H20N2O. The van der Waals surface area contributed by atoms with Crippen molar-refractivity contribution >= 4 is 0 Å². The topological polar surface area (TPSA) is 48.1 Å². The lowest BCUT2D eigenvalue weighted by molar-refractivity contribution is 0.338. The van der Waals surface area contributed by atoms with E-state index < -0.39 is 0 Å². The first kappa shape index (κ1) is 13.6. The van der Waals surface area contributed by atoms with Crippen LogP contribution < -0.4 is 10.5 Å². The molecule has 0 bridgehead atoms. The third-order valence-electron chi connectivity index (χ3n) is 3.06. The number of benzene rings is 1. The molecule has 0 fully saturated rings. The Morgan fingerprint density at radius 3 is 2.74 bits per heavy atom. The second-order valence-corrected chi connectivity index (χ2v) is 4.52. The summed E-state index contributed by atoms with van der Waals surface area (Å²) in [4.78, 5) is 4.17. The first-order valence-corrected chi connectivity index (χ1v) is 6.67. The van der Waals surface area contributed by atoms with Crippen LogP contribution in [-0.4, -0.2) is 11.6 Å². The molecule has 19 heavy (non-hydrogen) atoms. The number of pyridine rings is 1. The maximum Gasteiger partial charge on any atom is 0.137 e. The molecule has 0 aliphatic heterocycles. The Morgan fingerprint density at radius 2 is 2.00 bits per heavy atom. The van der Waals surface area contributed by atoms with Gasteiger partial charge in [-0.25, -0.2) is 0 Å². The number of ether oxygens (including phenoxy) is 1. The third-order valence-corrected chi connectivity index (χ3v) is 3.06. The van der Waals surface area contributed by atoms with E-state index in [9.17, 15) is 0 Å². The number of hydrogen-bond donors (Lipinski definition) is 1. The third kappa shape index (κ3) is 4.07. The highest BCUT2D eigenvalue weighted by Crippen LogP contribution is 2.20. The summed E-state index contributed by atoms with van der Waals surface area (Å²) in [6.45, 7) is 2.60. The van der Waals surface area contributed by atoms with Gasteiger partial charge in [-0.3, -0.25) is 4.98 Å². The van der Waals surface area contributed by atoms with Gasteiger partial charge in [-0.1, -0.05) is 30.3 Å². The van der Waals surface area contributed by atoms with Crippen LogP contribution in [0.5, 0.6) is 5.75 Å². The van der Waals surface area contributed by atoms with Crippen LogP contribution in [0.3, 0.4) is 0 Å². The van der Waals surface area contributed by atoms with Gasteiger partial charge in [0.1, 0.15) is 5.75 Å². The van der Waals surface area contributed by atoms with Crippen LogP contribution in [0, 0.1) is 0 Å². The van der Waals surface area contributed by atoms with E-state index in [1.54, 1.807) is 6.20 Å². The first-order valence-electron chi connectivity index (χ1n) is 6.67. The van der Waals surface area contributed by atoms with E-state index in [4.69, 9.17) is 10.5 Å². The van der Waals surface area contributed by atoms with Gasteiger partial charge < -0.3 is 10.5 Å². The van der Waals surface area contributed by atoms with E-state index in [0.29, 0.717) is 6.61 Å². The Bertz CT molecular complexity index is 499. The lowest BCUT2D eigenvalue weighted by Gasteiger charge is -2.13. The van der Waals surface area contributed by atoms with Crippen molar-refractivity contribution in [3.05, 3.63) is 59.9 Å². The predicted molar refractivity (Wildman–Crippen MR) is 77.1 cm³/mol. The van der Waals surface area contributed by atoms with Gasteiger partial charge >= 0.3 is 0 Å². The number of nitrogens with two attached hydrogens (primary N) is 1. The van der Waals surface area contributed by atoms with Gasteiger partial charge in [0.25, 0.3) is 0 Å². The SMILES string of the molecule is CCOc1cncc(C(N)CCc2ccccc2)c1. The highest BCUT2D eigenvalue weighted by Gasteiger charge is 2.08. The van der Waals surface area contributed by atoms with E-state index >= 15 is 0 Å². The van der Waals surface area contributed by atoms with Crippen molar-refractivity contribution in [2.24, 2.45) is 5.73 Å². The molecule has 1 heterocycles. The molecule has 100 valence electrons. The summed E-state index contributed by atoms with van der Waals surface area (Å²) in [6, 6.07) is 12.4. The van der Waals surface area contributed by atoms with Crippen molar-refractivity contribution in [1.29, 1.82) is 0 Å². The Balaban J connectivity index is 1.95. The largest absolute Gasteiger partial charge is 0.492 e. The molecule has 2 N–H and O–H groups in total. The van der Waals surface area contributed by atoms with Crippen LogP contribution in [0.25, 0.3) is 0 Å². The van der Waals surface area contributed by atoms with E-state index in [0.717, 1.165) is 24.2 Å². The van der Waals surface area contributed by atoms with Crippen LogP contribution in [-0.2, 0) is 6.42 Å². The van der Waals surface area contributed by atoms with Crippen LogP contribution in [0.2, 0.25) is 0 Å². The highest BCUT2D eigenvalue weighted by atomic mass is 16.5. The lowest BCUT2D eigenvalue weighted by atomic mass is 10.0. The minimum absolute atomic E-state index is 0.00638. The molecule has 0 spiro atoms. The quantitative estimate of drug-likeness (QED) is 0.864. The van der Waals surface area contributed by atoms with Gasteiger partial charge in [-0.05, 0) is 37.0 Å². The maximum absolute atomic E-state index is 6.21. The predicted octanol–water partition coefficient (Wildman–Crippen LogP) is 3.11. The average Bonchev–Trinajstić information content (AvgIpc) is 2.46. The lowest BCUT2D eigenvalue weighted by Crippen LogP contribution is -2.12. The van der Waals surface area contributed by atoms with Crippen molar-refractivity contribution in [2.45, 2.75) is 25.8 Å². The fourth-order valence-corrected chi connectivity index (χ4v) is 2.02. The Morgan fingerprint density at radius 1 is 1.21 bits per heavy atom. The number of aryl methyl sites for hydroxylation is 1. The fourth-order valence-electron chi connectivity index (χ4n) is 2.02. The number of rotatable bonds is 6. The highest BCUT2D eigenvalue weighted by molar-refractivity contribution is 5.26. The molecule has 0 saturated carbocycles. The van der Waals surface area contributed by atoms with Crippen molar-refractivity contribution in [3.8, 4) is 5.75 Å². The number of nitrogens with zero attached hydrogens (tertiary/aromatic N) is 1. The van der Waals surface area contributed by atoms with Crippen LogP contribution in [0.15, 0.2) is 48.8 Å². The van der Waals surface area contributed by atoms with Gasteiger partial charge in [-0.15, -0.1) is 0 Å². The standard InChI is InChI=1S/C16H20N2O/c1-2-19-15-10-14(11-18-12-15)16(17)9-8-13-6-4-3-5-7-13/h3-7,10-12,16H,2,8-9,17H2,1H3. The normalized spacial score (nSPS) is 12.1. The summed E-state index contributed by atoms with van der Waals surface area (Å²) < 4.78 is 5.44. The summed E-state index contributed by atoms with van der Waals surface area (Å²) in [5, 5.41) is 0. The van der Waals surface area contributed by atoms with Gasteiger partial charge in [0.15, 0.2) is 0 Å². The van der Waals surface area contributed by atoms with Gasteiger partial charge in [0.05, 0.1) is 12.8 Å². The van der Waals surface area contributed by atoms with Crippen molar-refractivity contribution in [2.75, 3.05) is 6.61 Å². The van der Waals surface area contributed by atoms with Crippen LogP contribution in [0.4, 0.5) is 0 Å². The molecule has 3 nitrogen and oxygen atoms in total. The van der Waals surface area contributed by atoms with Crippen LogP contribution >= 0.6 is 0 Å². The molecule has 2 rings (SSSR count). The van der Waals surface area contributed by atoms with Crippen LogP contribution in [0.1, 0.15) is 30.5 Å². The Kier molecular flexibility index (Phi) is 4.93. The molecule has 0 radical (unpaired) electrons. The minimum atomic E-state index is -0.00638. The van der Waals surface area contributed by atoms with Crippen molar-refractivity contribution in [3.63, 3.8) is 0 Å². The Labute approximate surface area is 114 Å². The number of hydrogen-bond acceptors (Lipinski definition) is 3. The molecule has 1 aromatic heterocycles. The van der Waals surface area contributed by atoms with E-state index in [2.05, 4.69) is 29.2 Å². The zero-order valence-corrected chi connectivity index (χ0v) is 11.3. The molecule has 0 aliphatic rings.